The summed E-state index contributed by atoms with van der Waals surface area (Å²) in [7, 11) is -3.00. The molecule has 2 nitrogen and oxygen atoms in total. The first-order chi connectivity index (χ1) is 30.0. The first-order valence-electron chi connectivity index (χ1n) is 21.5. The Hall–Kier alpha value is -7.14. The van der Waals surface area contributed by atoms with Gasteiger partial charge in [-0.05, 0) is 122 Å². The summed E-state index contributed by atoms with van der Waals surface area (Å²) in [5.41, 5.74) is 20.4. The fraction of sp³-hybridized carbons (Fsp3) is 0.0526. The Labute approximate surface area is 360 Å². The molecule has 9 aromatic rings. The van der Waals surface area contributed by atoms with Crippen molar-refractivity contribution >= 4 is 86.0 Å². The molecule has 288 valence electrons. The molecule has 3 heterocycles. The van der Waals surface area contributed by atoms with Crippen LogP contribution in [-0.4, -0.2) is 14.8 Å². The van der Waals surface area contributed by atoms with Gasteiger partial charge in [-0.15, -0.1) is 0 Å². The number of aryl methyl sites for hydroxylation is 3. The van der Waals surface area contributed by atoms with Crippen LogP contribution in [-0.2, 0) is 0 Å². The number of rotatable bonds is 6. The molecule has 0 saturated carbocycles. The monoisotopic (exact) mass is 794 g/mol. The van der Waals surface area contributed by atoms with Gasteiger partial charge in [0.2, 0.25) is 0 Å². The Morgan fingerprint density at radius 2 is 0.656 bits per heavy atom. The van der Waals surface area contributed by atoms with Gasteiger partial charge in [-0.2, -0.15) is 0 Å². The third-order valence-corrected chi connectivity index (χ3v) is 18.2. The van der Waals surface area contributed by atoms with Gasteiger partial charge >= 0.3 is 0 Å². The average Bonchev–Trinajstić information content (AvgIpc) is 3.30. The summed E-state index contributed by atoms with van der Waals surface area (Å²) in [5, 5.41) is 5.80. The second-order valence-electron chi connectivity index (χ2n) is 17.1. The summed E-state index contributed by atoms with van der Waals surface area (Å²) >= 11 is 0. The van der Waals surface area contributed by atoms with E-state index in [9.17, 15) is 0 Å². The van der Waals surface area contributed by atoms with Crippen LogP contribution < -0.4 is 46.9 Å². The molecule has 0 spiro atoms. The lowest BCUT2D eigenvalue weighted by Crippen LogP contribution is -2.88. The molecule has 0 aliphatic carbocycles. The van der Waals surface area contributed by atoms with Crippen LogP contribution in [0.15, 0.2) is 206 Å². The molecule has 0 fully saturated rings. The highest BCUT2D eigenvalue weighted by Gasteiger charge is 2.56. The number of hydrogen-bond donors (Lipinski definition) is 0. The summed E-state index contributed by atoms with van der Waals surface area (Å²) in [6.45, 7) is 6.93. The molecule has 0 radical (unpaired) electrons. The predicted molar refractivity (Wildman–Crippen MR) is 263 cm³/mol. The minimum Gasteiger partial charge on any atom is -0.311 e. The van der Waals surface area contributed by atoms with E-state index in [1.807, 2.05) is 0 Å². The molecule has 3 aliphatic heterocycles. The first-order valence-corrected chi connectivity index (χ1v) is 23.5. The Balaban J connectivity index is 1.29. The molecule has 0 saturated heterocycles. The van der Waals surface area contributed by atoms with E-state index in [2.05, 4.69) is 237 Å². The Morgan fingerprint density at radius 3 is 1.07 bits per heavy atom. The highest BCUT2D eigenvalue weighted by molar-refractivity contribution is 7.27. The van der Waals surface area contributed by atoms with Gasteiger partial charge in [-0.1, -0.05) is 170 Å². The largest absolute Gasteiger partial charge is 0.311 e. The van der Waals surface area contributed by atoms with Crippen LogP contribution in [0.2, 0.25) is 0 Å². The quantitative estimate of drug-likeness (QED) is 0.155. The third-order valence-electron chi connectivity index (χ3n) is 13.4. The Morgan fingerprint density at radius 1 is 0.328 bits per heavy atom. The van der Waals surface area contributed by atoms with Gasteiger partial charge in [0.1, 0.15) is 0 Å². The lowest BCUT2D eigenvalue weighted by atomic mass is 9.33. The van der Waals surface area contributed by atoms with Gasteiger partial charge in [-0.25, -0.2) is 0 Å². The van der Waals surface area contributed by atoms with E-state index in [0.29, 0.717) is 0 Å². The molecule has 12 rings (SSSR count). The lowest BCUT2D eigenvalue weighted by Gasteiger charge is -2.52. The maximum atomic E-state index is 2.64. The van der Waals surface area contributed by atoms with Crippen LogP contribution in [0.5, 0.6) is 0 Å². The zero-order valence-electron chi connectivity index (χ0n) is 34.6. The summed E-state index contributed by atoms with van der Waals surface area (Å²) in [6.07, 6.45) is 0. The second kappa shape index (κ2) is 13.7. The Kier molecular flexibility index (Phi) is 8.04. The molecule has 4 heteroatoms. The first kappa shape index (κ1) is 35.8. The van der Waals surface area contributed by atoms with Gasteiger partial charge in [0, 0.05) is 33.9 Å². The van der Waals surface area contributed by atoms with Crippen LogP contribution in [0, 0.1) is 20.8 Å². The van der Waals surface area contributed by atoms with Crippen LogP contribution in [0.3, 0.4) is 0 Å². The van der Waals surface area contributed by atoms with Gasteiger partial charge in [0.05, 0.1) is 11.4 Å². The minimum absolute atomic E-state index is 0.0372. The lowest BCUT2D eigenvalue weighted by molar-refractivity contribution is 1.23. The van der Waals surface area contributed by atoms with Crippen molar-refractivity contribution in [1.29, 1.82) is 0 Å². The van der Waals surface area contributed by atoms with Crippen molar-refractivity contribution in [3.8, 4) is 22.3 Å². The normalized spacial score (nSPS) is 13.9. The van der Waals surface area contributed by atoms with Crippen LogP contribution in [0.25, 0.3) is 22.3 Å². The topological polar surface area (TPSA) is 6.48 Å². The smallest absolute Gasteiger partial charge is 0.251 e. The summed E-state index contributed by atoms with van der Waals surface area (Å²) in [6, 6.07) is 78.0. The molecular weight excluding hydrogens is 752 g/mol. The zero-order valence-corrected chi connectivity index (χ0v) is 35.6. The minimum atomic E-state index is -3.00. The van der Waals surface area contributed by atoms with Crippen molar-refractivity contribution in [3.05, 3.63) is 223 Å². The summed E-state index contributed by atoms with van der Waals surface area (Å²) in [5.74, 6) is 0. The van der Waals surface area contributed by atoms with Crippen molar-refractivity contribution in [1.82, 2.24) is 0 Å². The van der Waals surface area contributed by atoms with Crippen molar-refractivity contribution in [3.63, 3.8) is 0 Å². The molecule has 61 heavy (non-hydrogen) atoms. The van der Waals surface area contributed by atoms with Gasteiger partial charge in [0.25, 0.3) is 6.71 Å². The fourth-order valence-corrected chi connectivity index (χ4v) is 16.7. The van der Waals surface area contributed by atoms with Crippen LogP contribution in [0.1, 0.15) is 16.7 Å². The van der Waals surface area contributed by atoms with E-state index in [4.69, 9.17) is 0 Å². The maximum Gasteiger partial charge on any atom is 0.251 e. The van der Waals surface area contributed by atoms with Gasteiger partial charge in [0.15, 0.2) is 8.07 Å². The number of hydrogen-bond acceptors (Lipinski definition) is 2. The van der Waals surface area contributed by atoms with Crippen LogP contribution in [0.4, 0.5) is 34.1 Å². The van der Waals surface area contributed by atoms with E-state index in [-0.39, 0.29) is 6.71 Å². The van der Waals surface area contributed by atoms with Crippen molar-refractivity contribution in [2.75, 3.05) is 9.80 Å². The van der Waals surface area contributed by atoms with Crippen molar-refractivity contribution < 1.29 is 0 Å². The highest BCUT2D eigenvalue weighted by atomic mass is 28.3. The van der Waals surface area contributed by atoms with Crippen molar-refractivity contribution in [2.45, 2.75) is 20.8 Å². The number of anilines is 6. The Bertz CT molecular complexity index is 2970. The molecule has 0 atom stereocenters. The fourth-order valence-electron chi connectivity index (χ4n) is 11.2. The zero-order chi connectivity index (χ0) is 40.8. The van der Waals surface area contributed by atoms with E-state index >= 15 is 0 Å². The number of para-hydroxylation sites is 2. The van der Waals surface area contributed by atoms with Gasteiger partial charge < -0.3 is 9.80 Å². The summed E-state index contributed by atoms with van der Waals surface area (Å²) in [4.78, 5) is 5.27. The predicted octanol–water partition coefficient (Wildman–Crippen LogP) is 9.72. The average molecular weight is 795 g/mol. The highest BCUT2D eigenvalue weighted by Crippen LogP contribution is 2.49. The van der Waals surface area contributed by atoms with E-state index in [0.717, 1.165) is 0 Å². The number of benzene rings is 9. The molecule has 0 aromatic heterocycles. The standard InChI is InChI=1S/C57H43BN2Si/c1-38-32-49-55-50(33-38)60(48-31-19-17-29-46(48)42-22-10-5-11-23-42)52-35-40(3)37-54-57(52)58(55)56-51(59(49)47-30-18-16-28-45(47)41-20-8-4-9-21-41)34-39(2)36-53(56)61(54,43-24-12-6-13-25-43)44-26-14-7-15-27-44/h4-37H,1-3H3. The molecule has 9 aromatic carbocycles. The number of nitrogens with zero attached hydrogens (tertiary/aromatic N) is 2. The molecule has 0 unspecified atom stereocenters. The SMILES string of the molecule is Cc1cc2c3c(c1)N(c1ccccc1-c1ccccc1)c1cc(C)cc4c1B3c1c(cc(C)cc1[Si]4(c1ccccc1)c1ccccc1)N2c1ccccc1-c1ccccc1. The molecule has 3 aliphatic rings. The third kappa shape index (κ3) is 5.16. The van der Waals surface area contributed by atoms with E-state index in [1.54, 1.807) is 0 Å². The second-order valence-corrected chi connectivity index (χ2v) is 20.8. The molecule has 0 bridgehead atoms. The molecular formula is C57H43BN2Si. The molecule has 0 N–H and O–H groups in total. The molecule has 0 amide bonds. The van der Waals surface area contributed by atoms with E-state index in [1.165, 1.54) is 110 Å². The maximum absolute atomic E-state index is 3.00. The van der Waals surface area contributed by atoms with E-state index < -0.39 is 8.07 Å². The summed E-state index contributed by atoms with van der Waals surface area (Å²) < 4.78 is 0. The van der Waals surface area contributed by atoms with Crippen LogP contribution >= 0.6 is 0 Å². The van der Waals surface area contributed by atoms with Crippen molar-refractivity contribution in [2.24, 2.45) is 0 Å². The van der Waals surface area contributed by atoms with Gasteiger partial charge in [-0.3, -0.25) is 0 Å².